The van der Waals surface area contributed by atoms with Crippen molar-refractivity contribution in [1.82, 2.24) is 4.90 Å². The van der Waals surface area contributed by atoms with Crippen LogP contribution < -0.4 is 0 Å². The predicted octanol–water partition coefficient (Wildman–Crippen LogP) is 4.29. The smallest absolute Gasteiger partial charge is 0.306 e. The first-order chi connectivity index (χ1) is 10.6. The van der Waals surface area contributed by atoms with E-state index in [9.17, 15) is 4.79 Å². The predicted molar refractivity (Wildman–Crippen MR) is 89.5 cm³/mol. The van der Waals surface area contributed by atoms with E-state index in [0.29, 0.717) is 12.8 Å². The molecule has 5 heteroatoms. The van der Waals surface area contributed by atoms with Crippen molar-refractivity contribution in [2.45, 2.75) is 18.9 Å². The molecule has 2 heterocycles. The number of nitrogens with zero attached hydrogens (tertiary/aromatic N) is 1. The van der Waals surface area contributed by atoms with Crippen LogP contribution in [0.15, 0.2) is 41.1 Å². The third-order valence-corrected chi connectivity index (χ3v) is 5.20. The highest BCUT2D eigenvalue weighted by Gasteiger charge is 2.30. The number of thiophene rings is 1. The number of aliphatic carboxylic acids is 1. The van der Waals surface area contributed by atoms with Gasteiger partial charge in [0.05, 0.1) is 12.0 Å². The van der Waals surface area contributed by atoms with E-state index in [-0.39, 0.29) is 12.0 Å². The van der Waals surface area contributed by atoms with Crippen molar-refractivity contribution in [1.29, 1.82) is 0 Å². The van der Waals surface area contributed by atoms with Crippen LogP contribution in [-0.4, -0.2) is 29.1 Å². The van der Waals surface area contributed by atoms with Gasteiger partial charge in [-0.15, -0.1) is 0 Å². The molecule has 1 atom stereocenters. The van der Waals surface area contributed by atoms with Gasteiger partial charge in [-0.05, 0) is 66.0 Å². The van der Waals surface area contributed by atoms with E-state index < -0.39 is 5.97 Å². The lowest BCUT2D eigenvalue weighted by Crippen LogP contribution is -2.39. The lowest BCUT2D eigenvalue weighted by molar-refractivity contribution is -0.143. The average molecular weight is 336 g/mol. The molecule has 0 saturated carbocycles. The SMILES string of the molecule is O=C(O)C1CCN(C(c2ccsc2)c2cccc(Cl)c2)CC1. The Bertz CT molecular complexity index is 636. The number of carboxylic acids is 1. The molecule has 1 aromatic heterocycles. The summed E-state index contributed by atoms with van der Waals surface area (Å²) in [4.78, 5) is 13.5. The Morgan fingerprint density at radius 1 is 1.27 bits per heavy atom. The molecule has 1 N–H and O–H groups in total. The monoisotopic (exact) mass is 335 g/mol. The van der Waals surface area contributed by atoms with Crippen molar-refractivity contribution >= 4 is 28.9 Å². The van der Waals surface area contributed by atoms with Crippen molar-refractivity contribution in [3.8, 4) is 0 Å². The van der Waals surface area contributed by atoms with Gasteiger partial charge >= 0.3 is 5.97 Å². The van der Waals surface area contributed by atoms with Crippen LogP contribution in [0.4, 0.5) is 0 Å². The summed E-state index contributed by atoms with van der Waals surface area (Å²) in [6.45, 7) is 1.59. The van der Waals surface area contributed by atoms with Gasteiger partial charge < -0.3 is 5.11 Å². The van der Waals surface area contributed by atoms with E-state index in [4.69, 9.17) is 16.7 Å². The summed E-state index contributed by atoms with van der Waals surface area (Å²) < 4.78 is 0. The molecule has 1 aromatic carbocycles. The minimum absolute atomic E-state index is 0.152. The van der Waals surface area contributed by atoms with Crippen molar-refractivity contribution in [3.05, 3.63) is 57.2 Å². The summed E-state index contributed by atoms with van der Waals surface area (Å²) in [7, 11) is 0. The largest absolute Gasteiger partial charge is 0.481 e. The summed E-state index contributed by atoms with van der Waals surface area (Å²) in [5.41, 5.74) is 2.42. The van der Waals surface area contributed by atoms with Crippen LogP contribution in [0, 0.1) is 5.92 Å². The molecule has 3 rings (SSSR count). The Morgan fingerprint density at radius 2 is 2.05 bits per heavy atom. The fourth-order valence-electron chi connectivity index (χ4n) is 3.13. The number of rotatable bonds is 4. The summed E-state index contributed by atoms with van der Waals surface area (Å²) in [6, 6.07) is 10.2. The molecule has 116 valence electrons. The lowest BCUT2D eigenvalue weighted by Gasteiger charge is -2.36. The zero-order chi connectivity index (χ0) is 15.5. The minimum atomic E-state index is -0.672. The van der Waals surface area contributed by atoms with Crippen molar-refractivity contribution in [3.63, 3.8) is 0 Å². The number of hydrogen-bond acceptors (Lipinski definition) is 3. The Balaban J connectivity index is 1.86. The normalized spacial score (nSPS) is 18.2. The number of piperidine rings is 1. The highest BCUT2D eigenvalue weighted by atomic mass is 35.5. The molecule has 0 spiro atoms. The number of likely N-dealkylation sites (tertiary alicyclic amines) is 1. The van der Waals surface area contributed by atoms with E-state index in [1.807, 2.05) is 18.2 Å². The van der Waals surface area contributed by atoms with Crippen molar-refractivity contribution in [2.75, 3.05) is 13.1 Å². The van der Waals surface area contributed by atoms with Gasteiger partial charge in [-0.2, -0.15) is 11.3 Å². The number of carboxylic acid groups (broad SMARTS) is 1. The van der Waals surface area contributed by atoms with Crippen LogP contribution in [0.25, 0.3) is 0 Å². The second-order valence-electron chi connectivity index (χ2n) is 5.66. The van der Waals surface area contributed by atoms with Gasteiger partial charge in [-0.3, -0.25) is 9.69 Å². The molecular formula is C17H18ClNO2S. The molecule has 1 aliphatic rings. The summed E-state index contributed by atoms with van der Waals surface area (Å²) in [5.74, 6) is -0.881. The highest BCUT2D eigenvalue weighted by Crippen LogP contribution is 2.34. The molecule has 0 amide bonds. The second-order valence-corrected chi connectivity index (χ2v) is 6.88. The van der Waals surface area contributed by atoms with E-state index >= 15 is 0 Å². The van der Waals surface area contributed by atoms with Crippen LogP contribution in [0.5, 0.6) is 0 Å². The average Bonchev–Trinajstić information content (AvgIpc) is 3.02. The first kappa shape index (κ1) is 15.5. The standard InChI is InChI=1S/C17H18ClNO2S/c18-15-3-1-2-13(10-15)16(14-6-9-22-11-14)19-7-4-12(5-8-19)17(20)21/h1-3,6,9-12,16H,4-5,7-8H2,(H,20,21). The van der Waals surface area contributed by atoms with Gasteiger partial charge in [0.15, 0.2) is 0 Å². The zero-order valence-electron chi connectivity index (χ0n) is 12.1. The Hall–Kier alpha value is -1.36. The Labute approximate surface area is 139 Å². The van der Waals surface area contributed by atoms with Crippen LogP contribution in [0.2, 0.25) is 5.02 Å². The molecule has 1 unspecified atom stereocenters. The molecule has 2 aromatic rings. The quantitative estimate of drug-likeness (QED) is 0.906. The molecule has 3 nitrogen and oxygen atoms in total. The Morgan fingerprint density at radius 3 is 2.64 bits per heavy atom. The summed E-state index contributed by atoms with van der Waals surface area (Å²) in [6.07, 6.45) is 1.41. The molecule has 0 bridgehead atoms. The van der Waals surface area contributed by atoms with Crippen LogP contribution >= 0.6 is 22.9 Å². The highest BCUT2D eigenvalue weighted by molar-refractivity contribution is 7.08. The molecule has 1 fully saturated rings. The topological polar surface area (TPSA) is 40.5 Å². The number of carbonyl (C=O) groups is 1. The lowest BCUT2D eigenvalue weighted by atomic mass is 9.92. The molecule has 1 saturated heterocycles. The number of benzene rings is 1. The van der Waals surface area contributed by atoms with E-state index in [1.165, 1.54) is 11.1 Å². The van der Waals surface area contributed by atoms with Crippen LogP contribution in [0.1, 0.15) is 30.0 Å². The maximum absolute atomic E-state index is 11.1. The minimum Gasteiger partial charge on any atom is -0.481 e. The maximum atomic E-state index is 11.1. The molecule has 0 aliphatic carbocycles. The Kier molecular flexibility index (Phi) is 4.81. The molecule has 22 heavy (non-hydrogen) atoms. The zero-order valence-corrected chi connectivity index (χ0v) is 13.7. The first-order valence-electron chi connectivity index (χ1n) is 7.39. The van der Waals surface area contributed by atoms with Crippen LogP contribution in [-0.2, 0) is 4.79 Å². The van der Waals surface area contributed by atoms with E-state index in [1.54, 1.807) is 11.3 Å². The third kappa shape index (κ3) is 3.35. The van der Waals surface area contributed by atoms with Gasteiger partial charge in [0, 0.05) is 5.02 Å². The van der Waals surface area contributed by atoms with Crippen LogP contribution in [0.3, 0.4) is 0 Å². The van der Waals surface area contributed by atoms with Gasteiger partial charge in [-0.1, -0.05) is 23.7 Å². The van der Waals surface area contributed by atoms with E-state index in [2.05, 4.69) is 27.8 Å². The fraction of sp³-hybridized carbons (Fsp3) is 0.353. The molecular weight excluding hydrogens is 318 g/mol. The molecule has 1 aliphatic heterocycles. The van der Waals surface area contributed by atoms with Crippen molar-refractivity contribution < 1.29 is 9.90 Å². The number of halogens is 1. The summed E-state index contributed by atoms with van der Waals surface area (Å²) >= 11 is 7.84. The van der Waals surface area contributed by atoms with Gasteiger partial charge in [0.25, 0.3) is 0 Å². The number of hydrogen-bond donors (Lipinski definition) is 1. The van der Waals surface area contributed by atoms with Gasteiger partial charge in [0.2, 0.25) is 0 Å². The fourth-order valence-corrected chi connectivity index (χ4v) is 4.00. The third-order valence-electron chi connectivity index (χ3n) is 4.27. The second kappa shape index (κ2) is 6.82. The molecule has 0 radical (unpaired) electrons. The van der Waals surface area contributed by atoms with Gasteiger partial charge in [0.1, 0.15) is 0 Å². The van der Waals surface area contributed by atoms with Crippen molar-refractivity contribution in [2.24, 2.45) is 5.92 Å². The van der Waals surface area contributed by atoms with Gasteiger partial charge in [-0.25, -0.2) is 0 Å². The summed E-state index contributed by atoms with van der Waals surface area (Å²) in [5, 5.41) is 14.1. The maximum Gasteiger partial charge on any atom is 0.306 e. The first-order valence-corrected chi connectivity index (χ1v) is 8.71. The van der Waals surface area contributed by atoms with E-state index in [0.717, 1.165) is 18.1 Å².